The molecule has 4 aromatic rings. The van der Waals surface area contributed by atoms with Crippen LogP contribution in [-0.2, 0) is 7.05 Å². The molecular formula is C18H16N8O2S. The van der Waals surface area contributed by atoms with Gasteiger partial charge in [0.1, 0.15) is 21.9 Å². The molecule has 4 aromatic heterocycles. The Morgan fingerprint density at radius 3 is 2.69 bits per heavy atom. The highest BCUT2D eigenvalue weighted by Gasteiger charge is 2.20. The molecule has 0 radical (unpaired) electrons. The zero-order valence-corrected chi connectivity index (χ0v) is 16.3. The van der Waals surface area contributed by atoms with Crippen molar-refractivity contribution in [3.8, 4) is 0 Å². The highest BCUT2D eigenvalue weighted by molar-refractivity contribution is 7.13. The number of pyridine rings is 1. The summed E-state index contributed by atoms with van der Waals surface area (Å²) in [6.07, 6.45) is 7.56. The van der Waals surface area contributed by atoms with E-state index in [2.05, 4.69) is 35.7 Å². The predicted molar refractivity (Wildman–Crippen MR) is 106 cm³/mol. The fourth-order valence-corrected chi connectivity index (χ4v) is 3.51. The van der Waals surface area contributed by atoms with Gasteiger partial charge in [-0.3, -0.25) is 19.3 Å². The minimum atomic E-state index is -0.406. The topological polar surface area (TPSA) is 128 Å². The number of hydrogen-bond donors (Lipinski definition) is 2. The maximum atomic E-state index is 12.7. The summed E-state index contributed by atoms with van der Waals surface area (Å²) < 4.78 is 1.58. The van der Waals surface area contributed by atoms with E-state index in [0.717, 1.165) is 0 Å². The number of hydrogen-bond acceptors (Lipinski definition) is 8. The third kappa shape index (κ3) is 3.80. The van der Waals surface area contributed by atoms with Crippen molar-refractivity contribution in [3.63, 3.8) is 0 Å². The van der Waals surface area contributed by atoms with Crippen LogP contribution in [0.3, 0.4) is 0 Å². The molecule has 0 spiro atoms. The van der Waals surface area contributed by atoms with E-state index < -0.39 is 6.04 Å². The number of aromatic nitrogens is 6. The van der Waals surface area contributed by atoms with Crippen molar-refractivity contribution in [2.45, 2.75) is 13.0 Å². The van der Waals surface area contributed by atoms with E-state index in [1.807, 2.05) is 0 Å². The Kier molecular flexibility index (Phi) is 4.96. The second-order valence-corrected chi connectivity index (χ2v) is 7.24. The maximum absolute atomic E-state index is 12.7. The van der Waals surface area contributed by atoms with Crippen molar-refractivity contribution < 1.29 is 9.59 Å². The van der Waals surface area contributed by atoms with Crippen molar-refractivity contribution in [1.29, 1.82) is 0 Å². The molecule has 4 rings (SSSR count). The lowest BCUT2D eigenvalue weighted by Gasteiger charge is -2.11. The van der Waals surface area contributed by atoms with Gasteiger partial charge in [-0.15, -0.1) is 11.3 Å². The lowest BCUT2D eigenvalue weighted by atomic mass is 10.2. The SMILES string of the molecule is CC(NC(=O)c1ncnc2c1cnn2C)c1ncc(C(=O)Nc2ccncc2)s1. The predicted octanol–water partition coefficient (Wildman–Crippen LogP) is 1.96. The van der Waals surface area contributed by atoms with E-state index in [1.54, 1.807) is 49.4 Å². The van der Waals surface area contributed by atoms with Crippen molar-refractivity contribution in [3.05, 3.63) is 58.8 Å². The zero-order chi connectivity index (χ0) is 20.4. The molecule has 0 bridgehead atoms. The Labute approximate surface area is 169 Å². The first-order valence-corrected chi connectivity index (χ1v) is 9.45. The number of amides is 2. The van der Waals surface area contributed by atoms with Crippen molar-refractivity contribution in [2.75, 3.05) is 5.32 Å². The van der Waals surface area contributed by atoms with E-state index in [0.29, 0.717) is 26.6 Å². The molecule has 2 amide bonds. The highest BCUT2D eigenvalue weighted by atomic mass is 32.1. The summed E-state index contributed by atoms with van der Waals surface area (Å²) in [4.78, 5) is 41.9. The van der Waals surface area contributed by atoms with E-state index >= 15 is 0 Å². The first-order valence-electron chi connectivity index (χ1n) is 8.63. The maximum Gasteiger partial charge on any atom is 0.271 e. The van der Waals surface area contributed by atoms with Gasteiger partial charge in [-0.2, -0.15) is 5.10 Å². The zero-order valence-electron chi connectivity index (χ0n) is 15.5. The Bertz CT molecular complexity index is 1190. The van der Waals surface area contributed by atoms with Gasteiger partial charge in [0.15, 0.2) is 5.65 Å². The highest BCUT2D eigenvalue weighted by Crippen LogP contribution is 2.22. The molecule has 0 saturated heterocycles. The number of fused-ring (bicyclic) bond motifs is 1. The average Bonchev–Trinajstić information content (AvgIpc) is 3.36. The second-order valence-electron chi connectivity index (χ2n) is 6.18. The fourth-order valence-electron chi connectivity index (χ4n) is 2.69. The van der Waals surface area contributed by atoms with Gasteiger partial charge in [-0.1, -0.05) is 0 Å². The Hall–Kier alpha value is -3.73. The lowest BCUT2D eigenvalue weighted by Crippen LogP contribution is -2.27. The first kappa shape index (κ1) is 18.6. The standard InChI is InChI=1S/C18H16N8O2S/c1-10(24-17(28)14-12-7-23-26(2)15(12)22-9-21-14)18-20-8-13(29-18)16(27)25-11-3-5-19-6-4-11/h3-10H,1-2H3,(H,24,28)(H,19,25,27). The number of rotatable bonds is 5. The number of carbonyl (C=O) groups excluding carboxylic acids is 2. The number of carbonyl (C=O) groups is 2. The molecule has 29 heavy (non-hydrogen) atoms. The van der Waals surface area contributed by atoms with Gasteiger partial charge in [0.05, 0.1) is 23.8 Å². The van der Waals surface area contributed by atoms with Crippen LogP contribution in [-0.4, -0.2) is 41.5 Å². The molecule has 0 aliphatic carbocycles. The molecule has 11 heteroatoms. The van der Waals surface area contributed by atoms with Gasteiger partial charge in [0, 0.05) is 25.1 Å². The summed E-state index contributed by atoms with van der Waals surface area (Å²) in [5.74, 6) is -0.637. The minimum absolute atomic E-state index is 0.238. The van der Waals surface area contributed by atoms with Gasteiger partial charge < -0.3 is 10.6 Å². The summed E-state index contributed by atoms with van der Waals surface area (Å²) in [7, 11) is 1.74. The molecule has 1 atom stereocenters. The van der Waals surface area contributed by atoms with E-state index in [9.17, 15) is 9.59 Å². The van der Waals surface area contributed by atoms with Crippen molar-refractivity contribution in [1.82, 2.24) is 35.0 Å². The third-order valence-corrected chi connectivity index (χ3v) is 5.33. The molecule has 10 nitrogen and oxygen atoms in total. The van der Waals surface area contributed by atoms with Crippen LogP contribution in [0, 0.1) is 0 Å². The molecule has 4 heterocycles. The second kappa shape index (κ2) is 7.72. The van der Waals surface area contributed by atoms with Crippen LogP contribution in [0.2, 0.25) is 0 Å². The number of nitrogens with one attached hydrogen (secondary N) is 2. The third-order valence-electron chi connectivity index (χ3n) is 4.15. The fraction of sp³-hybridized carbons (Fsp3) is 0.167. The van der Waals surface area contributed by atoms with Crippen LogP contribution in [0.15, 0.2) is 43.2 Å². The quantitative estimate of drug-likeness (QED) is 0.517. The van der Waals surface area contributed by atoms with Gasteiger partial charge in [0.2, 0.25) is 0 Å². The van der Waals surface area contributed by atoms with Crippen LogP contribution < -0.4 is 10.6 Å². The Morgan fingerprint density at radius 2 is 1.90 bits per heavy atom. The molecule has 0 fully saturated rings. The summed E-state index contributed by atoms with van der Waals surface area (Å²) in [5.41, 5.74) is 1.45. The first-order chi connectivity index (χ1) is 14.0. The molecule has 0 saturated carbocycles. The molecule has 0 aliphatic rings. The number of aryl methyl sites for hydroxylation is 1. The molecule has 146 valence electrons. The summed E-state index contributed by atoms with van der Waals surface area (Å²) in [6, 6.07) is 2.99. The summed E-state index contributed by atoms with van der Waals surface area (Å²) >= 11 is 1.21. The largest absolute Gasteiger partial charge is 0.342 e. The van der Waals surface area contributed by atoms with Crippen LogP contribution in [0.25, 0.3) is 11.0 Å². The average molecular weight is 408 g/mol. The normalized spacial score (nSPS) is 11.9. The number of nitrogens with zero attached hydrogens (tertiary/aromatic N) is 6. The summed E-state index contributed by atoms with van der Waals surface area (Å²) in [5, 5.41) is 10.9. The van der Waals surface area contributed by atoms with Crippen LogP contribution in [0.1, 0.15) is 38.1 Å². The van der Waals surface area contributed by atoms with Crippen LogP contribution in [0.4, 0.5) is 5.69 Å². The van der Waals surface area contributed by atoms with Crippen LogP contribution in [0.5, 0.6) is 0 Å². The van der Waals surface area contributed by atoms with Crippen molar-refractivity contribution in [2.24, 2.45) is 7.05 Å². The minimum Gasteiger partial charge on any atom is -0.342 e. The van der Waals surface area contributed by atoms with Crippen molar-refractivity contribution >= 4 is 39.9 Å². The Morgan fingerprint density at radius 1 is 1.10 bits per heavy atom. The Balaban J connectivity index is 1.47. The molecule has 1 unspecified atom stereocenters. The van der Waals surface area contributed by atoms with Gasteiger partial charge in [-0.05, 0) is 19.1 Å². The monoisotopic (exact) mass is 408 g/mol. The summed E-state index contributed by atoms with van der Waals surface area (Å²) in [6.45, 7) is 1.79. The number of thiazole rings is 1. The molecular weight excluding hydrogens is 392 g/mol. The lowest BCUT2D eigenvalue weighted by molar-refractivity contribution is 0.0936. The smallest absolute Gasteiger partial charge is 0.271 e. The van der Waals surface area contributed by atoms with Gasteiger partial charge in [-0.25, -0.2) is 15.0 Å². The van der Waals surface area contributed by atoms with E-state index in [4.69, 9.17) is 0 Å². The van der Waals surface area contributed by atoms with Crippen LogP contribution >= 0.6 is 11.3 Å². The molecule has 0 aromatic carbocycles. The van der Waals surface area contributed by atoms with Gasteiger partial charge in [0.25, 0.3) is 11.8 Å². The molecule has 2 N–H and O–H groups in total. The van der Waals surface area contributed by atoms with E-state index in [1.165, 1.54) is 23.9 Å². The van der Waals surface area contributed by atoms with Gasteiger partial charge >= 0.3 is 0 Å². The number of anilines is 1. The van der Waals surface area contributed by atoms with E-state index in [-0.39, 0.29) is 17.5 Å². The molecule has 0 aliphatic heterocycles.